The van der Waals surface area contributed by atoms with Gasteiger partial charge in [-0.05, 0) is 19.3 Å². The Hall–Kier alpha value is -0.730. The van der Waals surface area contributed by atoms with Crippen LogP contribution < -0.4 is 10.6 Å². The van der Waals surface area contributed by atoms with E-state index in [-0.39, 0.29) is 0 Å². The van der Waals surface area contributed by atoms with Crippen LogP contribution in [0, 0.1) is 0 Å². The maximum absolute atomic E-state index is 4.67. The minimum Gasteiger partial charge on any atom is -0.355 e. The summed E-state index contributed by atoms with van der Waals surface area (Å²) < 4.78 is 0. The summed E-state index contributed by atoms with van der Waals surface area (Å²) in [6.45, 7) is 9.62. The predicted octanol–water partition coefficient (Wildman–Crippen LogP) is 5.28. The maximum atomic E-state index is 4.67. The van der Waals surface area contributed by atoms with Gasteiger partial charge < -0.3 is 5.32 Å². The topological polar surface area (TPSA) is 38.5 Å². The highest BCUT2D eigenvalue weighted by atomic mass is 15.2. The van der Waals surface area contributed by atoms with E-state index in [1.807, 2.05) is 0 Å². The molecule has 0 saturated heterocycles. The third kappa shape index (κ3) is 15.7. The van der Waals surface area contributed by atoms with Crippen LogP contribution in [0.3, 0.4) is 0 Å². The zero-order valence-electron chi connectivity index (χ0n) is 15.5. The van der Waals surface area contributed by atoms with Crippen LogP contribution in [0.15, 0.2) is 4.99 Å². The zero-order valence-corrected chi connectivity index (χ0v) is 15.5. The van der Waals surface area contributed by atoms with Crippen molar-refractivity contribution in [2.75, 3.05) is 19.6 Å². The Morgan fingerprint density at radius 1 is 0.636 bits per heavy atom. The fraction of sp³-hybridized carbons (Fsp3) is 0.947. The largest absolute Gasteiger partial charge is 0.355 e. The molecule has 1 N–H and O–H groups in total. The van der Waals surface area contributed by atoms with E-state index in [9.17, 15) is 0 Å². The number of hydrogen-bond acceptors (Lipinski definition) is 1. The van der Waals surface area contributed by atoms with Crippen molar-refractivity contribution < 1.29 is 0 Å². The van der Waals surface area contributed by atoms with Crippen LogP contribution >= 0.6 is 0 Å². The van der Waals surface area contributed by atoms with Crippen molar-refractivity contribution >= 4 is 5.96 Å². The molecule has 1 radical (unpaired) electrons. The second-order valence-electron chi connectivity index (χ2n) is 6.20. The summed E-state index contributed by atoms with van der Waals surface area (Å²) in [6, 6.07) is 0. The van der Waals surface area contributed by atoms with E-state index >= 15 is 0 Å². The van der Waals surface area contributed by atoms with Gasteiger partial charge in [-0.3, -0.25) is 10.3 Å². The Morgan fingerprint density at radius 3 is 1.77 bits per heavy atom. The van der Waals surface area contributed by atoms with Gasteiger partial charge in [0.05, 0.1) is 0 Å². The number of nitrogens with zero attached hydrogens (tertiary/aromatic N) is 2. The molecule has 0 amide bonds. The van der Waals surface area contributed by atoms with E-state index in [4.69, 9.17) is 0 Å². The molecule has 0 saturated carbocycles. The number of nitrogens with one attached hydrogen (secondary N) is 1. The predicted molar refractivity (Wildman–Crippen MR) is 99.7 cm³/mol. The molecule has 0 fully saturated rings. The van der Waals surface area contributed by atoms with Crippen LogP contribution in [-0.4, -0.2) is 25.6 Å². The summed E-state index contributed by atoms with van der Waals surface area (Å²) >= 11 is 0. The highest BCUT2D eigenvalue weighted by Crippen LogP contribution is 2.00. The normalized spacial score (nSPS) is 11.7. The third-order valence-corrected chi connectivity index (χ3v) is 3.86. The van der Waals surface area contributed by atoms with Crippen molar-refractivity contribution in [1.29, 1.82) is 0 Å². The van der Waals surface area contributed by atoms with Gasteiger partial charge in [0.2, 0.25) is 5.96 Å². The average Bonchev–Trinajstić information content (AvgIpc) is 2.53. The molecule has 0 spiro atoms. The van der Waals surface area contributed by atoms with E-state index < -0.39 is 0 Å². The molecule has 0 aliphatic rings. The number of rotatable bonds is 15. The van der Waals surface area contributed by atoms with Gasteiger partial charge in [-0.2, -0.15) is 0 Å². The molecule has 0 aliphatic carbocycles. The fourth-order valence-corrected chi connectivity index (χ4v) is 2.36. The molecule has 0 rings (SSSR count). The number of aliphatic imine (C=N–C) groups is 1. The fourth-order valence-electron chi connectivity index (χ4n) is 2.36. The quantitative estimate of drug-likeness (QED) is 0.249. The lowest BCUT2D eigenvalue weighted by molar-refractivity contribution is 0.623. The molecule has 0 bridgehead atoms. The minimum absolute atomic E-state index is 0.907. The molecule has 131 valence electrons. The summed E-state index contributed by atoms with van der Waals surface area (Å²) in [5.74, 6) is 0.907. The molecule has 0 atom stereocenters. The Labute approximate surface area is 139 Å². The summed E-state index contributed by atoms with van der Waals surface area (Å²) in [6.07, 6.45) is 15.4. The summed E-state index contributed by atoms with van der Waals surface area (Å²) in [5.41, 5.74) is 0. The maximum Gasteiger partial charge on any atom is 0.213 e. The number of guanidine groups is 1. The molecule has 0 unspecified atom stereocenters. The van der Waals surface area contributed by atoms with Crippen molar-refractivity contribution in [2.45, 2.75) is 97.8 Å². The zero-order chi connectivity index (χ0) is 16.3. The van der Waals surface area contributed by atoms with E-state index in [2.05, 4.69) is 36.4 Å². The molecule has 0 aromatic rings. The van der Waals surface area contributed by atoms with Crippen LogP contribution in [-0.2, 0) is 0 Å². The Morgan fingerprint density at radius 2 is 1.18 bits per heavy atom. The van der Waals surface area contributed by atoms with Crippen LogP contribution in [0.4, 0.5) is 0 Å². The molecule has 22 heavy (non-hydrogen) atoms. The monoisotopic (exact) mass is 310 g/mol. The lowest BCUT2D eigenvalue weighted by Crippen LogP contribution is -2.33. The first-order chi connectivity index (χ1) is 10.8. The Kier molecular flexibility index (Phi) is 17.7. The molecule has 0 aliphatic heterocycles. The van der Waals surface area contributed by atoms with Gasteiger partial charge in [-0.25, -0.2) is 0 Å². The lowest BCUT2D eigenvalue weighted by atomic mass is 10.2. The summed E-state index contributed by atoms with van der Waals surface area (Å²) in [7, 11) is 0. The van der Waals surface area contributed by atoms with E-state index in [1.54, 1.807) is 0 Å². The number of unbranched alkanes of at least 4 members (excludes halogenated alkanes) is 9. The second-order valence-corrected chi connectivity index (χ2v) is 6.20. The van der Waals surface area contributed by atoms with Gasteiger partial charge in [-0.1, -0.05) is 78.6 Å². The summed E-state index contributed by atoms with van der Waals surface area (Å²) in [5, 5.41) is 8.11. The molecular weight excluding hydrogens is 270 g/mol. The van der Waals surface area contributed by atoms with E-state index in [1.165, 1.54) is 77.0 Å². The average molecular weight is 311 g/mol. The van der Waals surface area contributed by atoms with Crippen LogP contribution in [0.1, 0.15) is 97.8 Å². The second kappa shape index (κ2) is 18.3. The highest BCUT2D eigenvalue weighted by Gasteiger charge is 2.00. The van der Waals surface area contributed by atoms with Crippen molar-refractivity contribution in [3.63, 3.8) is 0 Å². The smallest absolute Gasteiger partial charge is 0.213 e. The van der Waals surface area contributed by atoms with Crippen molar-refractivity contribution in [3.8, 4) is 0 Å². The Balaban J connectivity index is 3.88. The van der Waals surface area contributed by atoms with Gasteiger partial charge in [0.25, 0.3) is 0 Å². The Bertz CT molecular complexity index is 223. The first kappa shape index (κ1) is 21.3. The lowest BCUT2D eigenvalue weighted by Gasteiger charge is -2.10. The first-order valence-corrected chi connectivity index (χ1v) is 9.80. The van der Waals surface area contributed by atoms with Crippen molar-refractivity contribution in [2.24, 2.45) is 4.99 Å². The van der Waals surface area contributed by atoms with E-state index in [0.29, 0.717) is 0 Å². The molecule has 3 heteroatoms. The first-order valence-electron chi connectivity index (χ1n) is 9.80. The number of hydrogen-bond donors (Lipinski definition) is 1. The molecule has 0 aromatic carbocycles. The minimum atomic E-state index is 0.907. The standard InChI is InChI=1S/C19H40N3/c1-4-7-10-13-16-20-19(21-17-14-11-8-5-2)22-18-15-12-9-6-3/h4-18H2,1-3H3,(H,20,21). The van der Waals surface area contributed by atoms with Gasteiger partial charge in [0.1, 0.15) is 0 Å². The van der Waals surface area contributed by atoms with Gasteiger partial charge in [0.15, 0.2) is 0 Å². The van der Waals surface area contributed by atoms with Crippen LogP contribution in [0.5, 0.6) is 0 Å². The van der Waals surface area contributed by atoms with Crippen LogP contribution in [0.25, 0.3) is 0 Å². The van der Waals surface area contributed by atoms with Crippen LogP contribution in [0.2, 0.25) is 0 Å². The molecule has 0 aromatic heterocycles. The highest BCUT2D eigenvalue weighted by molar-refractivity contribution is 5.79. The van der Waals surface area contributed by atoms with Gasteiger partial charge in [-0.15, -0.1) is 0 Å². The third-order valence-electron chi connectivity index (χ3n) is 3.86. The van der Waals surface area contributed by atoms with Gasteiger partial charge in [0, 0.05) is 19.6 Å². The summed E-state index contributed by atoms with van der Waals surface area (Å²) in [4.78, 5) is 4.67. The van der Waals surface area contributed by atoms with Crippen molar-refractivity contribution in [3.05, 3.63) is 0 Å². The van der Waals surface area contributed by atoms with Gasteiger partial charge >= 0.3 is 0 Å². The molecular formula is C19H40N3. The SMILES string of the molecule is CCCCCC[N]C(=NCCCCCC)NCCCCCC. The molecule has 3 nitrogen and oxygen atoms in total. The van der Waals surface area contributed by atoms with Crippen molar-refractivity contribution in [1.82, 2.24) is 10.6 Å². The van der Waals surface area contributed by atoms with E-state index in [0.717, 1.165) is 25.6 Å². The molecule has 0 heterocycles.